The number of fused-ring (bicyclic) bond motifs is 1. The van der Waals surface area contributed by atoms with Crippen molar-refractivity contribution >= 4 is 16.7 Å². The van der Waals surface area contributed by atoms with Crippen LogP contribution in [0.2, 0.25) is 0 Å². The van der Waals surface area contributed by atoms with Gasteiger partial charge < -0.3 is 5.11 Å². The van der Waals surface area contributed by atoms with E-state index in [0.717, 1.165) is 29.6 Å². The van der Waals surface area contributed by atoms with E-state index in [9.17, 15) is 9.90 Å². The lowest BCUT2D eigenvalue weighted by molar-refractivity contribution is -0.143. The molecule has 1 unspecified atom stereocenters. The molecule has 26 heavy (non-hydrogen) atoms. The van der Waals surface area contributed by atoms with Crippen LogP contribution in [0.3, 0.4) is 0 Å². The number of pyridine rings is 2. The van der Waals surface area contributed by atoms with Crippen molar-refractivity contribution in [2.45, 2.75) is 18.9 Å². The molecule has 0 bridgehead atoms. The summed E-state index contributed by atoms with van der Waals surface area (Å²) >= 11 is 0. The molecule has 5 heteroatoms. The number of hydrogen-bond acceptors (Lipinski definition) is 4. The number of aromatic nitrogens is 2. The van der Waals surface area contributed by atoms with Crippen LogP contribution in [0, 0.1) is 5.92 Å². The van der Waals surface area contributed by atoms with E-state index >= 15 is 0 Å². The van der Waals surface area contributed by atoms with Crippen LogP contribution < -0.4 is 0 Å². The summed E-state index contributed by atoms with van der Waals surface area (Å²) in [5, 5.41) is 11.5. The molecule has 0 spiro atoms. The highest BCUT2D eigenvalue weighted by Gasteiger charge is 2.30. The van der Waals surface area contributed by atoms with Crippen molar-refractivity contribution in [2.75, 3.05) is 13.1 Å². The number of carboxylic acid groups (broad SMARTS) is 1. The highest BCUT2D eigenvalue weighted by Crippen LogP contribution is 2.32. The number of aliphatic carboxylic acids is 1. The minimum atomic E-state index is -0.683. The smallest absolute Gasteiger partial charge is 0.306 e. The molecule has 0 radical (unpaired) electrons. The summed E-state index contributed by atoms with van der Waals surface area (Å²) in [6, 6.07) is 14.4. The van der Waals surface area contributed by atoms with Gasteiger partial charge in [-0.05, 0) is 61.1 Å². The predicted octanol–water partition coefficient (Wildman–Crippen LogP) is 3.52. The molecular formula is C21H21N3O2. The second kappa shape index (κ2) is 7.22. The molecule has 0 saturated carbocycles. The van der Waals surface area contributed by atoms with Crippen LogP contribution in [0.15, 0.2) is 61.1 Å². The van der Waals surface area contributed by atoms with Gasteiger partial charge in [-0.3, -0.25) is 19.7 Å². The number of carbonyl (C=O) groups is 1. The number of nitrogens with zero attached hydrogens (tertiary/aromatic N) is 3. The largest absolute Gasteiger partial charge is 0.481 e. The van der Waals surface area contributed by atoms with Gasteiger partial charge in [0.25, 0.3) is 0 Å². The van der Waals surface area contributed by atoms with E-state index < -0.39 is 5.97 Å². The zero-order valence-corrected chi connectivity index (χ0v) is 14.5. The first kappa shape index (κ1) is 16.7. The lowest BCUT2D eigenvalue weighted by Crippen LogP contribution is -2.39. The molecule has 1 saturated heterocycles. The van der Waals surface area contributed by atoms with Crippen molar-refractivity contribution < 1.29 is 9.90 Å². The quantitative estimate of drug-likeness (QED) is 0.782. The summed E-state index contributed by atoms with van der Waals surface area (Å²) in [5.41, 5.74) is 2.17. The van der Waals surface area contributed by atoms with Gasteiger partial charge in [0.15, 0.2) is 0 Å². The molecule has 1 fully saturated rings. The van der Waals surface area contributed by atoms with E-state index in [-0.39, 0.29) is 12.0 Å². The standard InChI is InChI=1S/C21H21N3O2/c25-21(26)15-7-11-24(12-8-15)20(19-3-1-2-9-23-19)17-4-5-18-14-22-10-6-16(18)13-17/h1-6,9-10,13-15,20H,7-8,11-12H2,(H,25,26). The molecule has 3 heterocycles. The van der Waals surface area contributed by atoms with Gasteiger partial charge in [-0.15, -0.1) is 0 Å². The fourth-order valence-electron chi connectivity index (χ4n) is 3.78. The topological polar surface area (TPSA) is 66.3 Å². The Balaban J connectivity index is 1.70. The molecule has 1 atom stereocenters. The molecule has 1 aromatic carbocycles. The predicted molar refractivity (Wildman–Crippen MR) is 99.8 cm³/mol. The van der Waals surface area contributed by atoms with Crippen LogP contribution in [0.5, 0.6) is 0 Å². The van der Waals surface area contributed by atoms with Crippen molar-refractivity contribution in [3.05, 3.63) is 72.3 Å². The van der Waals surface area contributed by atoms with Crippen molar-refractivity contribution in [1.82, 2.24) is 14.9 Å². The van der Waals surface area contributed by atoms with Crippen molar-refractivity contribution in [3.63, 3.8) is 0 Å². The maximum absolute atomic E-state index is 11.3. The molecule has 132 valence electrons. The summed E-state index contributed by atoms with van der Waals surface area (Å²) in [6.07, 6.45) is 6.84. The lowest BCUT2D eigenvalue weighted by Gasteiger charge is -2.36. The number of likely N-dealkylation sites (tertiary alicyclic amines) is 1. The number of carboxylic acids is 1. The lowest BCUT2D eigenvalue weighted by atomic mass is 9.92. The van der Waals surface area contributed by atoms with E-state index in [1.807, 2.05) is 36.7 Å². The number of rotatable bonds is 4. The van der Waals surface area contributed by atoms with Gasteiger partial charge in [0.05, 0.1) is 17.7 Å². The first-order valence-electron chi connectivity index (χ1n) is 8.94. The molecule has 1 N–H and O–H groups in total. The van der Waals surface area contributed by atoms with Gasteiger partial charge in [0.2, 0.25) is 0 Å². The van der Waals surface area contributed by atoms with Crippen LogP contribution in [-0.2, 0) is 4.79 Å². The van der Waals surface area contributed by atoms with E-state index in [1.165, 1.54) is 5.56 Å². The second-order valence-corrected chi connectivity index (χ2v) is 6.79. The first-order chi connectivity index (χ1) is 12.7. The minimum Gasteiger partial charge on any atom is -0.481 e. The zero-order valence-electron chi connectivity index (χ0n) is 14.5. The maximum atomic E-state index is 11.3. The van der Waals surface area contributed by atoms with Gasteiger partial charge in [-0.25, -0.2) is 0 Å². The van der Waals surface area contributed by atoms with Crippen molar-refractivity contribution in [1.29, 1.82) is 0 Å². The molecule has 5 nitrogen and oxygen atoms in total. The second-order valence-electron chi connectivity index (χ2n) is 6.79. The third-order valence-electron chi connectivity index (χ3n) is 5.19. The van der Waals surface area contributed by atoms with Crippen molar-refractivity contribution in [3.8, 4) is 0 Å². The van der Waals surface area contributed by atoms with E-state index in [2.05, 4.69) is 33.1 Å². The van der Waals surface area contributed by atoms with Gasteiger partial charge in [0.1, 0.15) is 0 Å². The third-order valence-corrected chi connectivity index (χ3v) is 5.19. The monoisotopic (exact) mass is 347 g/mol. The van der Waals surface area contributed by atoms with Crippen LogP contribution in [-0.4, -0.2) is 39.0 Å². The Bertz CT molecular complexity index is 905. The SMILES string of the molecule is O=C(O)C1CCN(C(c2ccc3cnccc3c2)c2ccccn2)CC1. The maximum Gasteiger partial charge on any atom is 0.306 e. The molecule has 3 aromatic rings. The van der Waals surface area contributed by atoms with Gasteiger partial charge in [-0.1, -0.05) is 18.2 Å². The van der Waals surface area contributed by atoms with E-state index in [4.69, 9.17) is 0 Å². The summed E-state index contributed by atoms with van der Waals surface area (Å²) in [6.45, 7) is 1.51. The van der Waals surface area contributed by atoms with Crippen LogP contribution in [0.1, 0.15) is 30.1 Å². The Hall–Kier alpha value is -2.79. The fraction of sp³-hybridized carbons (Fsp3) is 0.286. The fourth-order valence-corrected chi connectivity index (χ4v) is 3.78. The molecule has 4 rings (SSSR count). The molecule has 2 aromatic heterocycles. The normalized spacial score (nSPS) is 17.2. The Morgan fingerprint density at radius 1 is 1.08 bits per heavy atom. The molecule has 0 amide bonds. The Morgan fingerprint density at radius 2 is 1.92 bits per heavy atom. The highest BCUT2D eigenvalue weighted by molar-refractivity contribution is 5.82. The molecule has 0 aliphatic carbocycles. The van der Waals surface area contributed by atoms with Gasteiger partial charge in [0, 0.05) is 24.0 Å². The number of benzene rings is 1. The molecule has 1 aliphatic rings. The van der Waals surface area contributed by atoms with E-state index in [1.54, 1.807) is 6.20 Å². The van der Waals surface area contributed by atoms with Crippen LogP contribution in [0.4, 0.5) is 0 Å². The number of hydrogen-bond donors (Lipinski definition) is 1. The third kappa shape index (κ3) is 3.30. The van der Waals surface area contributed by atoms with Crippen molar-refractivity contribution in [2.24, 2.45) is 5.92 Å². The Kier molecular flexibility index (Phi) is 4.63. The Labute approximate surface area is 152 Å². The summed E-state index contributed by atoms with van der Waals surface area (Å²) < 4.78 is 0. The summed E-state index contributed by atoms with van der Waals surface area (Å²) in [5.74, 6) is -0.921. The van der Waals surface area contributed by atoms with Gasteiger partial charge in [-0.2, -0.15) is 0 Å². The van der Waals surface area contributed by atoms with Gasteiger partial charge >= 0.3 is 5.97 Å². The van der Waals surface area contributed by atoms with Crippen LogP contribution in [0.25, 0.3) is 10.8 Å². The average molecular weight is 347 g/mol. The highest BCUT2D eigenvalue weighted by atomic mass is 16.4. The summed E-state index contributed by atoms with van der Waals surface area (Å²) in [4.78, 5) is 22.4. The summed E-state index contributed by atoms with van der Waals surface area (Å²) in [7, 11) is 0. The molecular weight excluding hydrogens is 326 g/mol. The first-order valence-corrected chi connectivity index (χ1v) is 8.94. The molecule has 1 aliphatic heterocycles. The van der Waals surface area contributed by atoms with E-state index in [0.29, 0.717) is 12.8 Å². The Morgan fingerprint density at radius 3 is 2.65 bits per heavy atom. The zero-order chi connectivity index (χ0) is 17.9. The minimum absolute atomic E-state index is 0.0310. The average Bonchev–Trinajstić information content (AvgIpc) is 2.69. The number of piperidine rings is 1. The van der Waals surface area contributed by atoms with Crippen LogP contribution >= 0.6 is 0 Å².